The fraction of sp³-hybridized carbons (Fsp3) is 0. The third kappa shape index (κ3) is 1.86. The van der Waals surface area contributed by atoms with Gasteiger partial charge in [0.15, 0.2) is 0 Å². The summed E-state index contributed by atoms with van der Waals surface area (Å²) < 4.78 is 0. The van der Waals surface area contributed by atoms with Gasteiger partial charge in [-0.2, -0.15) is 0 Å². The number of hydrogen-bond acceptors (Lipinski definition) is 2. The predicted molar refractivity (Wildman–Crippen MR) is 103 cm³/mol. The highest BCUT2D eigenvalue weighted by Crippen LogP contribution is 2.41. The van der Waals surface area contributed by atoms with Crippen LogP contribution >= 0.6 is 11.6 Å². The fourth-order valence-electron chi connectivity index (χ4n) is 3.95. The quantitative estimate of drug-likeness (QED) is 0.136. The molecule has 2 nitrogen and oxygen atoms in total. The minimum absolute atomic E-state index is 0.363. The zero-order valence-electron chi connectivity index (χ0n) is 13.0. The average Bonchev–Trinajstić information content (AvgIpc) is 2.64. The van der Waals surface area contributed by atoms with E-state index in [2.05, 4.69) is 24.3 Å². The average molecular weight is 343 g/mol. The van der Waals surface area contributed by atoms with Crippen molar-refractivity contribution in [2.45, 2.75) is 0 Å². The van der Waals surface area contributed by atoms with E-state index in [1.807, 2.05) is 36.4 Å². The van der Waals surface area contributed by atoms with Crippen LogP contribution in [-0.2, 0) is 4.79 Å². The van der Waals surface area contributed by atoms with Gasteiger partial charge in [-0.1, -0.05) is 60.7 Å². The van der Waals surface area contributed by atoms with Crippen molar-refractivity contribution in [3.05, 3.63) is 72.3 Å². The molecule has 118 valence electrons. The first-order chi connectivity index (χ1) is 12.2. The number of carbonyl (C=O) groups is 2. The summed E-state index contributed by atoms with van der Waals surface area (Å²) in [5.74, 6) is -0.662. The molecule has 0 aliphatic carbocycles. The molecule has 0 heterocycles. The molecule has 0 radical (unpaired) electrons. The van der Waals surface area contributed by atoms with Gasteiger partial charge in [-0.15, -0.1) is 0 Å². The highest BCUT2D eigenvalue weighted by molar-refractivity contribution is 6.83. The maximum Gasteiger partial charge on any atom is 0.293 e. The highest BCUT2D eigenvalue weighted by atomic mass is 35.5. The Labute approximate surface area is 147 Å². The van der Waals surface area contributed by atoms with Crippen LogP contribution in [0.2, 0.25) is 0 Å². The van der Waals surface area contributed by atoms with Crippen molar-refractivity contribution in [3.63, 3.8) is 0 Å². The Morgan fingerprint density at radius 3 is 1.80 bits per heavy atom. The maximum atomic E-state index is 12.5. The van der Waals surface area contributed by atoms with E-state index in [0.717, 1.165) is 43.1 Å². The molecule has 0 saturated heterocycles. The molecule has 5 rings (SSSR count). The van der Waals surface area contributed by atoms with Gasteiger partial charge in [-0.05, 0) is 55.4 Å². The number of rotatable bonds is 2. The summed E-state index contributed by atoms with van der Waals surface area (Å²) in [5.41, 5.74) is 0.363. The Hall–Kier alpha value is -2.97. The predicted octanol–water partition coefficient (Wildman–Crippen LogP) is 5.69. The van der Waals surface area contributed by atoms with E-state index in [9.17, 15) is 9.59 Å². The summed E-state index contributed by atoms with van der Waals surface area (Å²) in [6.07, 6.45) is 0. The third-order valence-corrected chi connectivity index (χ3v) is 5.10. The fourth-order valence-corrected chi connectivity index (χ4v) is 4.05. The van der Waals surface area contributed by atoms with Crippen molar-refractivity contribution in [2.24, 2.45) is 0 Å². The van der Waals surface area contributed by atoms with E-state index >= 15 is 0 Å². The van der Waals surface area contributed by atoms with Crippen molar-refractivity contribution in [3.8, 4) is 0 Å². The van der Waals surface area contributed by atoms with E-state index in [0.29, 0.717) is 5.56 Å². The second-order valence-corrected chi connectivity index (χ2v) is 6.55. The van der Waals surface area contributed by atoms with Crippen LogP contribution < -0.4 is 0 Å². The molecule has 5 aromatic rings. The SMILES string of the molecule is O=C(Cl)C(=O)c1ccc2cccc3c4cccc5cccc(c1c23)c54. The number of benzene rings is 5. The molecule has 0 bridgehead atoms. The summed E-state index contributed by atoms with van der Waals surface area (Å²) in [4.78, 5) is 24.0. The molecule has 5 aromatic carbocycles. The molecule has 0 atom stereocenters. The van der Waals surface area contributed by atoms with E-state index in [1.54, 1.807) is 6.07 Å². The molecule has 3 heteroatoms. The van der Waals surface area contributed by atoms with E-state index in [1.165, 1.54) is 0 Å². The Kier molecular flexibility index (Phi) is 2.88. The van der Waals surface area contributed by atoms with Gasteiger partial charge in [-0.25, -0.2) is 0 Å². The van der Waals surface area contributed by atoms with Crippen LogP contribution in [0.3, 0.4) is 0 Å². The van der Waals surface area contributed by atoms with Crippen molar-refractivity contribution in [1.29, 1.82) is 0 Å². The number of fused-ring (bicyclic) bond motifs is 2. The van der Waals surface area contributed by atoms with Gasteiger partial charge in [0, 0.05) is 10.9 Å². The Morgan fingerprint density at radius 2 is 1.16 bits per heavy atom. The van der Waals surface area contributed by atoms with Crippen LogP contribution in [-0.4, -0.2) is 11.0 Å². The zero-order valence-corrected chi connectivity index (χ0v) is 13.8. The van der Waals surface area contributed by atoms with Crippen LogP contribution in [0.15, 0.2) is 66.7 Å². The van der Waals surface area contributed by atoms with E-state index < -0.39 is 11.0 Å². The molecular weight excluding hydrogens is 332 g/mol. The minimum Gasteiger partial charge on any atom is -0.284 e. The number of carbonyl (C=O) groups excluding carboxylic acids is 2. The largest absolute Gasteiger partial charge is 0.293 e. The lowest BCUT2D eigenvalue weighted by Gasteiger charge is -2.16. The lowest BCUT2D eigenvalue weighted by atomic mass is 9.87. The topological polar surface area (TPSA) is 34.1 Å². The molecular formula is C22H11ClO2. The van der Waals surface area contributed by atoms with Gasteiger partial charge < -0.3 is 0 Å². The molecule has 0 spiro atoms. The van der Waals surface area contributed by atoms with Crippen LogP contribution in [0.25, 0.3) is 43.1 Å². The van der Waals surface area contributed by atoms with E-state index in [4.69, 9.17) is 11.6 Å². The third-order valence-electron chi connectivity index (χ3n) is 4.93. The number of ketones is 1. The Morgan fingerprint density at radius 1 is 0.600 bits per heavy atom. The molecule has 25 heavy (non-hydrogen) atoms. The first-order valence-corrected chi connectivity index (χ1v) is 8.37. The van der Waals surface area contributed by atoms with Crippen molar-refractivity contribution in [2.75, 3.05) is 0 Å². The van der Waals surface area contributed by atoms with Crippen LogP contribution in [0.5, 0.6) is 0 Å². The van der Waals surface area contributed by atoms with Crippen molar-refractivity contribution >= 4 is 65.7 Å². The molecule has 0 saturated carbocycles. The number of Topliss-reactive ketones (excluding diaryl/α,β-unsaturated/α-hetero) is 1. The summed E-state index contributed by atoms with van der Waals surface area (Å²) in [6, 6.07) is 21.9. The highest BCUT2D eigenvalue weighted by Gasteiger charge is 2.21. The standard InChI is InChI=1S/C22H11ClO2/c23-22(25)21(24)17-11-10-13-6-2-8-15-14-7-1-4-12-5-3-9-16(18(12)14)20(17)19(13)15/h1-11H. The first kappa shape index (κ1) is 14.4. The van der Waals surface area contributed by atoms with Gasteiger partial charge in [0.1, 0.15) is 0 Å². The monoisotopic (exact) mass is 342 g/mol. The van der Waals surface area contributed by atoms with Crippen LogP contribution in [0, 0.1) is 0 Å². The van der Waals surface area contributed by atoms with Crippen LogP contribution in [0.1, 0.15) is 10.4 Å². The second-order valence-electron chi connectivity index (χ2n) is 6.20. The zero-order chi connectivity index (χ0) is 17.1. The summed E-state index contributed by atoms with van der Waals surface area (Å²) in [5, 5.41) is 7.29. The van der Waals surface area contributed by atoms with Crippen LogP contribution in [0.4, 0.5) is 0 Å². The normalized spacial score (nSPS) is 11.7. The summed E-state index contributed by atoms with van der Waals surface area (Å²) >= 11 is 5.52. The van der Waals surface area contributed by atoms with Gasteiger partial charge in [0.2, 0.25) is 5.78 Å². The lowest BCUT2D eigenvalue weighted by Crippen LogP contribution is -2.08. The Balaban J connectivity index is 2.19. The molecule has 0 amide bonds. The number of halogens is 1. The van der Waals surface area contributed by atoms with Crippen molar-refractivity contribution < 1.29 is 9.59 Å². The van der Waals surface area contributed by atoms with Crippen molar-refractivity contribution in [1.82, 2.24) is 0 Å². The van der Waals surface area contributed by atoms with Gasteiger partial charge in [-0.3, -0.25) is 9.59 Å². The van der Waals surface area contributed by atoms with Gasteiger partial charge in [0.25, 0.3) is 5.24 Å². The molecule has 0 aromatic heterocycles. The van der Waals surface area contributed by atoms with E-state index in [-0.39, 0.29) is 0 Å². The van der Waals surface area contributed by atoms with Gasteiger partial charge in [0.05, 0.1) is 0 Å². The summed E-state index contributed by atoms with van der Waals surface area (Å²) in [6.45, 7) is 0. The first-order valence-electron chi connectivity index (χ1n) is 7.99. The minimum atomic E-state index is -0.959. The maximum absolute atomic E-state index is 12.5. The summed E-state index contributed by atoms with van der Waals surface area (Å²) in [7, 11) is 0. The molecule has 0 fully saturated rings. The smallest absolute Gasteiger partial charge is 0.284 e. The lowest BCUT2D eigenvalue weighted by molar-refractivity contribution is -0.108. The molecule has 0 aliphatic heterocycles. The molecule has 0 aliphatic rings. The molecule has 0 unspecified atom stereocenters. The van der Waals surface area contributed by atoms with Gasteiger partial charge >= 0.3 is 0 Å². The Bertz CT molecular complexity index is 1330. The molecule has 0 N–H and O–H groups in total. The second kappa shape index (κ2) is 5.01. The number of hydrogen-bond donors (Lipinski definition) is 0.